The van der Waals surface area contributed by atoms with Crippen molar-refractivity contribution in [1.29, 1.82) is 0 Å². The largest absolute Gasteiger partial charge is 0.494 e. The van der Waals surface area contributed by atoms with Crippen molar-refractivity contribution in [2.45, 2.75) is 96.4 Å². The Labute approximate surface area is 785 Å². The highest BCUT2D eigenvalue weighted by Crippen LogP contribution is 2.47. The maximum atomic E-state index is 13.0. The highest BCUT2D eigenvalue weighted by atomic mass is 35.5. The van der Waals surface area contributed by atoms with Gasteiger partial charge in [-0.2, -0.15) is 9.97 Å². The van der Waals surface area contributed by atoms with Gasteiger partial charge in [-0.05, 0) is 193 Å². The molecule has 7 saturated heterocycles. The molecule has 0 unspecified atom stereocenters. The molecule has 0 atom stereocenters. The van der Waals surface area contributed by atoms with E-state index in [1.54, 1.807) is 60.4 Å². The second kappa shape index (κ2) is 43.4. The average Bonchev–Trinajstić information content (AvgIpc) is 1.76. The summed E-state index contributed by atoms with van der Waals surface area (Å²) < 4.78 is 62.1. The topological polar surface area (TPSA) is 258 Å². The van der Waals surface area contributed by atoms with E-state index in [2.05, 4.69) is 185 Å². The number of likely N-dealkylation sites (tertiary alicyclic amines) is 1. The molecule has 702 valence electrons. The monoisotopic (exact) mass is 1880 g/mol. The zero-order chi connectivity index (χ0) is 92.3. The van der Waals surface area contributed by atoms with Crippen LogP contribution in [-0.2, 0) is 26.5 Å². The molecule has 0 bridgehead atoms. The third-order valence-corrected chi connectivity index (χ3v) is 32.8. The summed E-state index contributed by atoms with van der Waals surface area (Å²) in [5, 5.41) is 19.1. The van der Waals surface area contributed by atoms with Crippen LogP contribution >= 0.6 is 44.6 Å². The maximum Gasteiger partial charge on any atom is 0.229 e. The lowest BCUT2D eigenvalue weighted by Gasteiger charge is -2.43. The molecule has 6 aromatic carbocycles. The van der Waals surface area contributed by atoms with Crippen LogP contribution in [0.3, 0.4) is 0 Å². The number of piperidine rings is 3. The predicted octanol–water partition coefficient (Wildman–Crippen LogP) is 16.7. The Morgan fingerprint density at radius 3 is 1.36 bits per heavy atom. The van der Waals surface area contributed by atoms with Crippen LogP contribution in [0.2, 0.25) is 10.0 Å². The number of hydrogen-bond acceptors (Lipinski definition) is 28. The molecule has 0 radical (unpaired) electrons. The fraction of sp³-hybridized carbons (Fsp3) is 0.490. The lowest BCUT2D eigenvalue weighted by Crippen LogP contribution is -2.53. The fourth-order valence-electron chi connectivity index (χ4n) is 19.1. The number of likely N-dealkylation sites (N-methyl/N-ethyl adjacent to an activating group) is 2. The molecule has 0 amide bonds. The Hall–Kier alpha value is -9.27. The highest BCUT2D eigenvalue weighted by molar-refractivity contribution is 7.70. The van der Waals surface area contributed by atoms with Gasteiger partial charge in [0, 0.05) is 230 Å². The average molecular weight is 1880 g/mol. The van der Waals surface area contributed by atoms with Gasteiger partial charge in [-0.1, -0.05) is 65.7 Å². The number of hydrogen-bond donors (Lipinski definition) is 5. The van der Waals surface area contributed by atoms with E-state index in [0.29, 0.717) is 57.8 Å². The summed E-state index contributed by atoms with van der Waals surface area (Å²) in [6, 6.07) is 40.7. The molecule has 7 fully saturated rings. The third kappa shape index (κ3) is 24.8. The first kappa shape index (κ1) is 96.3. The van der Waals surface area contributed by atoms with Gasteiger partial charge < -0.3 is 93.5 Å². The Morgan fingerprint density at radius 1 is 0.458 bits per heavy atom. The number of para-hydroxylation sites is 1. The number of aryl methyl sites for hydroxylation is 1. The zero-order valence-electron chi connectivity index (χ0n) is 78.9. The second-order valence-corrected chi connectivity index (χ2v) is 47.9. The number of aromatic nitrogens is 6. The van der Waals surface area contributed by atoms with Gasteiger partial charge in [0.15, 0.2) is 11.6 Å². The Bertz CT molecular complexity index is 5590. The summed E-state index contributed by atoms with van der Waals surface area (Å²) in [6.45, 7) is 36.8. The van der Waals surface area contributed by atoms with Gasteiger partial charge >= 0.3 is 0 Å². The molecule has 33 heteroatoms. The van der Waals surface area contributed by atoms with Gasteiger partial charge in [0.2, 0.25) is 11.9 Å². The van der Waals surface area contributed by atoms with Crippen molar-refractivity contribution in [3.05, 3.63) is 172 Å². The van der Waals surface area contributed by atoms with E-state index < -0.39 is 21.4 Å². The first-order chi connectivity index (χ1) is 63.0. The Morgan fingerprint density at radius 2 is 0.878 bits per heavy atom. The number of allylic oxidation sites excluding steroid dienone is 1. The lowest BCUT2D eigenvalue weighted by molar-refractivity contribution is 0.0982. The van der Waals surface area contributed by atoms with Crippen LogP contribution in [0, 0.1) is 6.92 Å². The molecule has 131 heavy (non-hydrogen) atoms. The quantitative estimate of drug-likeness (QED) is 0.0316. The van der Waals surface area contributed by atoms with Crippen molar-refractivity contribution in [1.82, 2.24) is 59.3 Å². The Balaban J connectivity index is 0.000000151. The molecule has 9 aromatic rings. The number of nitrogens with zero attached hydrogens (tertiary/aromatic N) is 16. The maximum absolute atomic E-state index is 13.0. The highest BCUT2D eigenvalue weighted by Gasteiger charge is 2.34. The van der Waals surface area contributed by atoms with Crippen molar-refractivity contribution in [2.24, 2.45) is 0 Å². The van der Waals surface area contributed by atoms with Gasteiger partial charge in [-0.25, -0.2) is 19.9 Å². The number of methoxy groups -OCH3 is 3. The molecular formula is C98H134Cl2N21O7P3. The van der Waals surface area contributed by atoms with Crippen molar-refractivity contribution in [3.63, 3.8) is 0 Å². The van der Waals surface area contributed by atoms with Crippen LogP contribution in [0.1, 0.15) is 80.6 Å². The standard InChI is InChI=1S/C35H47N6O2P.C33H46ClN8O3P.C30H41ClN7O2P/c1-25(2)43-32-24-28(41-21-19-40(20-22-41)27-15-17-39(3)18-16-27)14-13-26(32)23-34-36-30-11-8-9-29(30)35(38-34)37-31-10-6-7-12-33(31)44(4,5)42;1-39-13-15-41(16-14-39)24-9-11-40(12-10-24)25-6-8-29(31(21-25)45-3)37-33-35-23-27(34)32(38-33)36-28-7-5-26(22-30(28)44-2)42-17-19-46(4,43)20-18-42;1-21-7-6-8-26(28(21)41(4,5)39)33-29-24(31)20-32-30(35-29)34-25-10-9-23(19-27(25)40-3)37-13-11-22(12-14-37)38-17-15-36(2)16-18-38/h6-10,12-14,24-25,27H,11,15-23H2,1-5H3,(H,36,37,38);5-8,21-24H,9-20H2,1-4H3,(H2,35,36,37,38);6-10,19-20,22H,11-18H2,1-5H3,(H2,32,33,34,35). The number of fused-ring (bicyclic) bond motifs is 1. The minimum atomic E-state index is -2.54. The summed E-state index contributed by atoms with van der Waals surface area (Å²) in [6.07, 6.45) is 17.4. The molecule has 8 aliphatic rings. The molecule has 10 heterocycles. The smallest absolute Gasteiger partial charge is 0.229 e. The van der Waals surface area contributed by atoms with Crippen LogP contribution in [0.25, 0.3) is 6.08 Å². The van der Waals surface area contributed by atoms with Gasteiger partial charge in [-0.3, -0.25) is 14.7 Å². The first-order valence-electron chi connectivity index (χ1n) is 46.4. The van der Waals surface area contributed by atoms with Gasteiger partial charge in [-0.15, -0.1) is 0 Å². The SMILES string of the molecule is CC(C)Oc1cc(N2CCN(C3CCN(C)CC3)CC2)ccc1Cc1nc2c(c(Nc3ccccc3P(C)(C)=O)n1)C=CC2.COc1cc(N2CCC(N3CCN(C)CC3)CC2)ccc1Nc1ncc(Cl)c(Nc2ccc(N3CCP(C)(=O)CC3)cc2OC)n1.COc1cc(N2CCC(N3CCN(C)CC3)CC2)ccc1Nc1ncc(Cl)c(Nc2cccc(C)c2P(C)(C)=O)n1. The fourth-order valence-corrected chi connectivity index (χ4v) is 23.7. The lowest BCUT2D eigenvalue weighted by atomic mass is 10.0. The number of ether oxygens (including phenoxy) is 4. The van der Waals surface area contributed by atoms with Crippen molar-refractivity contribution < 1.29 is 32.6 Å². The first-order valence-corrected chi connectivity index (χ1v) is 54.9. The van der Waals surface area contributed by atoms with Crippen LogP contribution in [0.5, 0.6) is 23.0 Å². The Kier molecular flexibility index (Phi) is 31.9. The summed E-state index contributed by atoms with van der Waals surface area (Å²) in [5.74, 6) is 6.16. The minimum absolute atomic E-state index is 0.0583. The van der Waals surface area contributed by atoms with Gasteiger partial charge in [0.05, 0.1) is 81.1 Å². The van der Waals surface area contributed by atoms with E-state index in [4.69, 9.17) is 52.1 Å². The van der Waals surface area contributed by atoms with E-state index in [0.717, 1.165) is 224 Å². The molecule has 5 N–H and O–H groups in total. The van der Waals surface area contributed by atoms with Gasteiger partial charge in [0.25, 0.3) is 0 Å². The summed E-state index contributed by atoms with van der Waals surface area (Å²) in [4.78, 5) is 53.1. The zero-order valence-corrected chi connectivity index (χ0v) is 83.1. The van der Waals surface area contributed by atoms with E-state index >= 15 is 0 Å². The van der Waals surface area contributed by atoms with Gasteiger partial charge in [0.1, 0.15) is 59.0 Å². The van der Waals surface area contributed by atoms with Crippen molar-refractivity contribution >= 4 is 142 Å². The van der Waals surface area contributed by atoms with Crippen LogP contribution in [0.4, 0.5) is 80.5 Å². The normalized spacial score (nSPS) is 18.5. The second-order valence-electron chi connectivity index (χ2n) is 37.2. The van der Waals surface area contributed by atoms with E-state index in [1.807, 2.05) is 86.4 Å². The molecule has 28 nitrogen and oxygen atoms in total. The molecule has 0 saturated carbocycles. The van der Waals surface area contributed by atoms with E-state index in [1.165, 1.54) is 83.5 Å². The molecule has 1 aliphatic carbocycles. The summed E-state index contributed by atoms with van der Waals surface area (Å²) in [5.41, 5.74) is 12.4. The van der Waals surface area contributed by atoms with Crippen LogP contribution in [-0.4, -0.2) is 303 Å². The molecule has 7 aliphatic heterocycles. The van der Waals surface area contributed by atoms with Crippen molar-refractivity contribution in [3.8, 4) is 23.0 Å². The number of nitrogens with one attached hydrogen (secondary N) is 5. The van der Waals surface area contributed by atoms with Crippen LogP contribution in [0.15, 0.2) is 134 Å². The van der Waals surface area contributed by atoms with E-state index in [-0.39, 0.29) is 6.10 Å². The minimum Gasteiger partial charge on any atom is -0.494 e. The number of anilines is 14. The number of benzene rings is 6. The molecule has 3 aromatic heterocycles. The summed E-state index contributed by atoms with van der Waals surface area (Å²) >= 11 is 13.0. The van der Waals surface area contributed by atoms with E-state index in [9.17, 15) is 13.7 Å². The number of piperazine rings is 3. The molecular weight excluding hydrogens is 1750 g/mol. The molecule has 0 spiro atoms. The predicted molar refractivity (Wildman–Crippen MR) is 543 cm³/mol. The number of rotatable bonds is 26. The van der Waals surface area contributed by atoms with Crippen LogP contribution < -0.4 is 75.7 Å². The van der Waals surface area contributed by atoms with Crippen molar-refractivity contribution in [2.75, 3.05) is 265 Å². The third-order valence-electron chi connectivity index (χ3n) is 26.7. The number of halogens is 2. The molecule has 17 rings (SSSR count). The summed E-state index contributed by atoms with van der Waals surface area (Å²) in [7, 11) is 4.61.